The third-order valence-electron chi connectivity index (χ3n) is 4.71. The van der Waals surface area contributed by atoms with Crippen molar-refractivity contribution in [3.63, 3.8) is 0 Å². The van der Waals surface area contributed by atoms with Crippen LogP contribution in [0, 0.1) is 0 Å². The van der Waals surface area contributed by atoms with Crippen molar-refractivity contribution in [2.75, 3.05) is 12.3 Å². The van der Waals surface area contributed by atoms with Gasteiger partial charge in [0.05, 0.1) is 11.7 Å². The first-order valence-electron chi connectivity index (χ1n) is 11.1. The van der Waals surface area contributed by atoms with Crippen molar-refractivity contribution < 1.29 is 14.3 Å². The average molecular weight is 538 g/mol. The Bertz CT molecular complexity index is 964. The first-order chi connectivity index (χ1) is 15.3. The van der Waals surface area contributed by atoms with Gasteiger partial charge in [-0.15, -0.1) is 6.58 Å². The molecule has 0 saturated carbocycles. The van der Waals surface area contributed by atoms with Gasteiger partial charge in [-0.05, 0) is 51.4 Å². The predicted molar refractivity (Wildman–Crippen MR) is 141 cm³/mol. The number of carbonyl (C=O) groups is 1. The number of halogens is 1. The molecule has 0 fully saturated rings. The molecule has 182 valence electrons. The Kier molecular flexibility index (Phi) is 9.34. The molecule has 0 unspecified atom stereocenters. The number of nitrogens with two attached hydrogens (primary N) is 1. The standard InChI is InChI=1S/C24H37BrN4O3Si/c1-8-9-20(28-23(30)32-24(2,3)4)22-27-21(18-11-10-17(26)14-19(18)25)15-29(22)16-31-12-13-33(5,6)7/h8,10-11,14-15,20H,1,9,12-13,16,26H2,2-7H3,(H,28,30)/t20-/m0/s1. The van der Waals surface area contributed by atoms with Crippen LogP contribution in [0.4, 0.5) is 10.5 Å². The van der Waals surface area contributed by atoms with Crippen LogP contribution in [0.1, 0.15) is 39.1 Å². The minimum Gasteiger partial charge on any atom is -0.444 e. The quantitative estimate of drug-likeness (QED) is 0.160. The topological polar surface area (TPSA) is 91.4 Å². The number of hydrogen-bond acceptors (Lipinski definition) is 5. The van der Waals surface area contributed by atoms with Gasteiger partial charge in [0.15, 0.2) is 0 Å². The van der Waals surface area contributed by atoms with E-state index in [4.69, 9.17) is 20.2 Å². The van der Waals surface area contributed by atoms with Crippen LogP contribution >= 0.6 is 15.9 Å². The highest BCUT2D eigenvalue weighted by Gasteiger charge is 2.24. The van der Waals surface area contributed by atoms with Crippen molar-refractivity contribution in [2.45, 2.75) is 71.3 Å². The van der Waals surface area contributed by atoms with E-state index in [1.165, 1.54) is 0 Å². The number of nitrogen functional groups attached to an aromatic ring is 1. The summed E-state index contributed by atoms with van der Waals surface area (Å²) in [5, 5.41) is 2.94. The van der Waals surface area contributed by atoms with Gasteiger partial charge in [0, 0.05) is 36.6 Å². The van der Waals surface area contributed by atoms with Crippen molar-refractivity contribution in [3.8, 4) is 11.3 Å². The highest BCUT2D eigenvalue weighted by atomic mass is 79.9. The highest BCUT2D eigenvalue weighted by molar-refractivity contribution is 9.10. The minimum absolute atomic E-state index is 0.336. The summed E-state index contributed by atoms with van der Waals surface area (Å²) in [6, 6.07) is 6.26. The first-order valence-corrected chi connectivity index (χ1v) is 15.6. The van der Waals surface area contributed by atoms with Crippen LogP contribution < -0.4 is 11.1 Å². The monoisotopic (exact) mass is 536 g/mol. The van der Waals surface area contributed by atoms with Gasteiger partial charge in [-0.25, -0.2) is 9.78 Å². The van der Waals surface area contributed by atoms with Crippen LogP contribution in [-0.2, 0) is 16.2 Å². The fourth-order valence-corrected chi connectivity index (χ4v) is 4.42. The Morgan fingerprint density at radius 3 is 2.64 bits per heavy atom. The summed E-state index contributed by atoms with van der Waals surface area (Å²) < 4.78 is 14.3. The summed E-state index contributed by atoms with van der Waals surface area (Å²) in [6.07, 6.45) is 3.69. The molecular weight excluding hydrogens is 500 g/mol. The van der Waals surface area contributed by atoms with Crippen molar-refractivity contribution in [2.24, 2.45) is 0 Å². The molecule has 3 N–H and O–H groups in total. The van der Waals surface area contributed by atoms with E-state index >= 15 is 0 Å². The lowest BCUT2D eigenvalue weighted by molar-refractivity contribution is 0.0492. The zero-order valence-corrected chi connectivity index (χ0v) is 23.2. The predicted octanol–water partition coefficient (Wildman–Crippen LogP) is 6.35. The summed E-state index contributed by atoms with van der Waals surface area (Å²) in [5.74, 6) is 0.674. The number of benzene rings is 1. The van der Waals surface area contributed by atoms with Crippen LogP contribution in [-0.4, -0.2) is 35.9 Å². The smallest absolute Gasteiger partial charge is 0.408 e. The van der Waals surface area contributed by atoms with E-state index < -0.39 is 25.8 Å². The lowest BCUT2D eigenvalue weighted by Gasteiger charge is -2.23. The molecule has 0 bridgehead atoms. The molecule has 0 aliphatic carbocycles. The molecule has 2 aromatic rings. The number of aromatic nitrogens is 2. The largest absolute Gasteiger partial charge is 0.444 e. The molecule has 0 aliphatic rings. The molecule has 2 rings (SSSR count). The Labute approximate surface area is 206 Å². The average Bonchev–Trinajstić information content (AvgIpc) is 3.06. The normalized spacial score (nSPS) is 12.9. The summed E-state index contributed by atoms with van der Waals surface area (Å²) in [6.45, 7) is 17.3. The molecule has 1 aromatic carbocycles. The van der Waals surface area contributed by atoms with Gasteiger partial charge in [-0.1, -0.05) is 41.6 Å². The molecular formula is C24H37BrN4O3Si. The number of ether oxygens (including phenoxy) is 2. The Morgan fingerprint density at radius 1 is 1.36 bits per heavy atom. The van der Waals surface area contributed by atoms with Crippen molar-refractivity contribution >= 4 is 35.8 Å². The highest BCUT2D eigenvalue weighted by Crippen LogP contribution is 2.31. The maximum absolute atomic E-state index is 12.5. The number of rotatable bonds is 10. The number of nitrogens with one attached hydrogen (secondary N) is 1. The fourth-order valence-electron chi connectivity index (χ4n) is 3.07. The van der Waals surface area contributed by atoms with Gasteiger partial charge in [0.2, 0.25) is 0 Å². The number of anilines is 1. The zero-order chi connectivity index (χ0) is 24.8. The molecule has 9 heteroatoms. The van der Waals surface area contributed by atoms with E-state index in [-0.39, 0.29) is 0 Å². The van der Waals surface area contributed by atoms with Gasteiger partial charge in [-0.2, -0.15) is 0 Å². The summed E-state index contributed by atoms with van der Waals surface area (Å²) in [7, 11) is -1.20. The third-order valence-corrected chi connectivity index (χ3v) is 7.07. The van der Waals surface area contributed by atoms with E-state index in [0.717, 1.165) is 21.8 Å². The number of amides is 1. The maximum Gasteiger partial charge on any atom is 0.408 e. The molecule has 7 nitrogen and oxygen atoms in total. The van der Waals surface area contributed by atoms with Crippen LogP contribution in [0.15, 0.2) is 41.5 Å². The second-order valence-corrected chi connectivity index (χ2v) is 16.7. The third kappa shape index (κ3) is 8.98. The van der Waals surface area contributed by atoms with Gasteiger partial charge >= 0.3 is 6.09 Å². The summed E-state index contributed by atoms with van der Waals surface area (Å²) >= 11 is 3.58. The summed E-state index contributed by atoms with van der Waals surface area (Å²) in [5.41, 5.74) is 7.63. The number of carbonyl (C=O) groups excluding carboxylic acids is 1. The van der Waals surface area contributed by atoms with E-state index in [0.29, 0.717) is 31.3 Å². The molecule has 1 atom stereocenters. The van der Waals surface area contributed by atoms with Gasteiger partial charge < -0.3 is 25.1 Å². The molecule has 0 saturated heterocycles. The number of hydrogen-bond donors (Lipinski definition) is 2. The number of imidazole rings is 1. The number of nitrogens with zero attached hydrogens (tertiary/aromatic N) is 2. The Hall–Kier alpha value is -2.10. The Balaban J connectivity index is 2.37. The molecule has 1 aromatic heterocycles. The molecule has 33 heavy (non-hydrogen) atoms. The van der Waals surface area contributed by atoms with E-state index in [1.807, 2.05) is 49.7 Å². The van der Waals surface area contributed by atoms with Gasteiger partial charge in [0.25, 0.3) is 0 Å². The molecule has 1 heterocycles. The molecule has 1 amide bonds. The van der Waals surface area contributed by atoms with Crippen molar-refractivity contribution in [3.05, 3.63) is 47.3 Å². The first kappa shape index (κ1) is 27.1. The molecule has 0 spiro atoms. The van der Waals surface area contributed by atoms with Crippen molar-refractivity contribution in [1.29, 1.82) is 0 Å². The fraction of sp³-hybridized carbons (Fsp3) is 0.500. The Morgan fingerprint density at radius 2 is 2.06 bits per heavy atom. The van der Waals surface area contributed by atoms with E-state index in [1.54, 1.807) is 6.08 Å². The van der Waals surface area contributed by atoms with Gasteiger partial charge in [-0.3, -0.25) is 0 Å². The lowest BCUT2D eigenvalue weighted by Crippen LogP contribution is -2.36. The lowest BCUT2D eigenvalue weighted by atomic mass is 10.1. The van der Waals surface area contributed by atoms with Gasteiger partial charge in [0.1, 0.15) is 18.2 Å². The van der Waals surface area contributed by atoms with Crippen LogP contribution in [0.5, 0.6) is 0 Å². The van der Waals surface area contributed by atoms with Crippen LogP contribution in [0.25, 0.3) is 11.3 Å². The van der Waals surface area contributed by atoms with E-state index in [9.17, 15) is 4.79 Å². The van der Waals surface area contributed by atoms with Crippen molar-refractivity contribution in [1.82, 2.24) is 14.9 Å². The zero-order valence-electron chi connectivity index (χ0n) is 20.6. The second kappa shape index (κ2) is 11.4. The minimum atomic E-state index is -1.20. The van der Waals surface area contributed by atoms with Crippen LogP contribution in [0.2, 0.25) is 25.7 Å². The molecule has 0 aliphatic heterocycles. The van der Waals surface area contributed by atoms with E-state index in [2.05, 4.69) is 47.5 Å². The maximum atomic E-state index is 12.5. The molecule has 0 radical (unpaired) electrons. The SMILES string of the molecule is C=CC[C@H](NC(=O)OC(C)(C)C)c1nc(-c2ccc(N)cc2Br)cn1COCC[Si](C)(C)C. The number of alkyl carbamates (subject to hydrolysis) is 1. The second-order valence-electron chi connectivity index (χ2n) is 10.3. The van der Waals surface area contributed by atoms with Crippen LogP contribution in [0.3, 0.4) is 0 Å². The summed E-state index contributed by atoms with van der Waals surface area (Å²) in [4.78, 5) is 17.4.